The molecule has 1 amide bonds. The molecule has 110 valence electrons. The first-order valence-corrected chi connectivity index (χ1v) is 6.98. The number of hydrogen-bond acceptors (Lipinski definition) is 4. The average Bonchev–Trinajstić information content (AvgIpc) is 2.45. The highest BCUT2D eigenvalue weighted by molar-refractivity contribution is 5.79. The number of fused-ring (bicyclic) bond motifs is 1. The number of nitrogens with two attached hydrogens (primary N) is 1. The van der Waals surface area contributed by atoms with Gasteiger partial charge in [0, 0.05) is 6.54 Å². The lowest BCUT2D eigenvalue weighted by Crippen LogP contribution is -2.45. The minimum absolute atomic E-state index is 0.0232. The van der Waals surface area contributed by atoms with Crippen molar-refractivity contribution in [1.29, 1.82) is 0 Å². The van der Waals surface area contributed by atoms with Gasteiger partial charge in [-0.25, -0.2) is 0 Å². The molecule has 1 aliphatic heterocycles. The van der Waals surface area contributed by atoms with Crippen molar-refractivity contribution in [2.45, 2.75) is 20.0 Å². The topological polar surface area (TPSA) is 73.6 Å². The first-order valence-electron chi connectivity index (χ1n) is 6.98. The van der Waals surface area contributed by atoms with Gasteiger partial charge in [0.25, 0.3) is 0 Å². The van der Waals surface area contributed by atoms with E-state index in [1.165, 1.54) is 0 Å². The number of para-hydroxylation sites is 2. The van der Waals surface area contributed by atoms with Gasteiger partial charge in [0.05, 0.1) is 12.5 Å². The zero-order valence-corrected chi connectivity index (χ0v) is 12.0. The third-order valence-electron chi connectivity index (χ3n) is 3.47. The Morgan fingerprint density at radius 2 is 2.10 bits per heavy atom. The molecule has 0 saturated carbocycles. The van der Waals surface area contributed by atoms with Gasteiger partial charge in [-0.15, -0.1) is 0 Å². The minimum atomic E-state index is -0.167. The fourth-order valence-electron chi connectivity index (χ4n) is 2.19. The third-order valence-corrected chi connectivity index (χ3v) is 3.47. The van der Waals surface area contributed by atoms with Crippen LogP contribution >= 0.6 is 0 Å². The Bertz CT molecular complexity index is 462. The molecule has 1 aromatic rings. The van der Waals surface area contributed by atoms with E-state index in [1.54, 1.807) is 0 Å². The maximum atomic E-state index is 12.0. The molecule has 0 spiro atoms. The summed E-state index contributed by atoms with van der Waals surface area (Å²) in [5, 5.41) is 2.89. The zero-order chi connectivity index (χ0) is 14.5. The number of carbonyl (C=O) groups excluding carboxylic acids is 1. The minimum Gasteiger partial charge on any atom is -0.486 e. The van der Waals surface area contributed by atoms with Crippen molar-refractivity contribution >= 4 is 5.91 Å². The molecule has 3 N–H and O–H groups in total. The highest BCUT2D eigenvalue weighted by Crippen LogP contribution is 2.30. The fraction of sp³-hybridized carbons (Fsp3) is 0.533. The molecule has 1 aromatic carbocycles. The van der Waals surface area contributed by atoms with E-state index < -0.39 is 0 Å². The molecule has 0 aromatic heterocycles. The molecule has 0 saturated heterocycles. The van der Waals surface area contributed by atoms with Gasteiger partial charge in [0.15, 0.2) is 11.5 Å². The molecule has 20 heavy (non-hydrogen) atoms. The number of benzene rings is 1. The largest absolute Gasteiger partial charge is 0.486 e. The molecule has 1 aliphatic rings. The lowest BCUT2D eigenvalue weighted by Gasteiger charge is -2.27. The van der Waals surface area contributed by atoms with Crippen molar-refractivity contribution in [2.24, 2.45) is 17.6 Å². The summed E-state index contributed by atoms with van der Waals surface area (Å²) in [5.74, 6) is 1.51. The summed E-state index contributed by atoms with van der Waals surface area (Å²) in [6, 6.07) is 7.53. The SMILES string of the molecule is CC(C)C(CN)C(=O)NCC1COc2ccccc2O1. The first kappa shape index (κ1) is 14.7. The number of amides is 1. The summed E-state index contributed by atoms with van der Waals surface area (Å²) >= 11 is 0. The van der Waals surface area contributed by atoms with Crippen molar-refractivity contribution < 1.29 is 14.3 Å². The maximum absolute atomic E-state index is 12.0. The van der Waals surface area contributed by atoms with Gasteiger partial charge in [0.2, 0.25) is 5.91 Å². The normalized spacial score (nSPS) is 18.7. The van der Waals surface area contributed by atoms with E-state index in [4.69, 9.17) is 15.2 Å². The van der Waals surface area contributed by atoms with E-state index in [0.717, 1.165) is 11.5 Å². The molecule has 0 fully saturated rings. The van der Waals surface area contributed by atoms with Crippen LogP contribution in [0.5, 0.6) is 11.5 Å². The molecule has 2 atom stereocenters. The molecule has 0 bridgehead atoms. The smallest absolute Gasteiger partial charge is 0.224 e. The van der Waals surface area contributed by atoms with Crippen molar-refractivity contribution in [3.8, 4) is 11.5 Å². The van der Waals surface area contributed by atoms with E-state index in [9.17, 15) is 4.79 Å². The van der Waals surface area contributed by atoms with Gasteiger partial charge >= 0.3 is 0 Å². The van der Waals surface area contributed by atoms with Gasteiger partial charge in [-0.2, -0.15) is 0 Å². The van der Waals surface area contributed by atoms with Gasteiger partial charge in [0.1, 0.15) is 12.7 Å². The predicted molar refractivity (Wildman–Crippen MR) is 76.7 cm³/mol. The fourth-order valence-corrected chi connectivity index (χ4v) is 2.19. The van der Waals surface area contributed by atoms with Crippen LogP contribution in [0, 0.1) is 11.8 Å². The first-order chi connectivity index (χ1) is 9.61. The summed E-state index contributed by atoms with van der Waals surface area (Å²) in [7, 11) is 0. The Morgan fingerprint density at radius 1 is 1.40 bits per heavy atom. The molecule has 5 nitrogen and oxygen atoms in total. The van der Waals surface area contributed by atoms with E-state index in [0.29, 0.717) is 19.7 Å². The maximum Gasteiger partial charge on any atom is 0.224 e. The standard InChI is InChI=1S/C15H22N2O3/c1-10(2)12(7-16)15(18)17-8-11-9-19-13-5-3-4-6-14(13)20-11/h3-6,10-12H,7-9,16H2,1-2H3,(H,17,18). The van der Waals surface area contributed by atoms with Crippen LogP contribution in [-0.2, 0) is 4.79 Å². The number of rotatable bonds is 5. The van der Waals surface area contributed by atoms with Crippen molar-refractivity contribution in [3.05, 3.63) is 24.3 Å². The monoisotopic (exact) mass is 278 g/mol. The van der Waals surface area contributed by atoms with Crippen LogP contribution in [0.4, 0.5) is 0 Å². The van der Waals surface area contributed by atoms with Crippen LogP contribution in [0.25, 0.3) is 0 Å². The Balaban J connectivity index is 1.85. The van der Waals surface area contributed by atoms with Crippen LogP contribution in [0.3, 0.4) is 0 Å². The molecule has 2 rings (SSSR count). The van der Waals surface area contributed by atoms with Gasteiger partial charge in [-0.05, 0) is 18.1 Å². The molecule has 2 unspecified atom stereocenters. The Labute approximate surface area is 119 Å². The molecular weight excluding hydrogens is 256 g/mol. The number of nitrogens with one attached hydrogen (secondary N) is 1. The van der Waals surface area contributed by atoms with E-state index in [2.05, 4.69) is 5.32 Å². The van der Waals surface area contributed by atoms with Crippen molar-refractivity contribution in [3.63, 3.8) is 0 Å². The van der Waals surface area contributed by atoms with Crippen LogP contribution < -0.4 is 20.5 Å². The second-order valence-electron chi connectivity index (χ2n) is 5.33. The molecule has 0 radical (unpaired) electrons. The second kappa shape index (κ2) is 6.61. The summed E-state index contributed by atoms with van der Waals surface area (Å²) in [6.07, 6.45) is -0.167. The lowest BCUT2D eigenvalue weighted by atomic mass is 9.95. The van der Waals surface area contributed by atoms with Gasteiger partial charge in [-0.1, -0.05) is 26.0 Å². The van der Waals surface area contributed by atoms with Crippen LogP contribution in [0.2, 0.25) is 0 Å². The molecule has 5 heteroatoms. The molecule has 0 aliphatic carbocycles. The zero-order valence-electron chi connectivity index (χ0n) is 12.0. The lowest BCUT2D eigenvalue weighted by molar-refractivity contribution is -0.126. The third kappa shape index (κ3) is 3.42. The van der Waals surface area contributed by atoms with Crippen LogP contribution in [0.1, 0.15) is 13.8 Å². The number of carbonyl (C=O) groups is 1. The average molecular weight is 278 g/mol. The highest BCUT2D eigenvalue weighted by Gasteiger charge is 2.24. The van der Waals surface area contributed by atoms with E-state index >= 15 is 0 Å². The highest BCUT2D eigenvalue weighted by atomic mass is 16.6. The Hall–Kier alpha value is -1.75. The Morgan fingerprint density at radius 3 is 2.75 bits per heavy atom. The summed E-state index contributed by atoms with van der Waals surface area (Å²) < 4.78 is 11.4. The summed E-state index contributed by atoms with van der Waals surface area (Å²) in [5.41, 5.74) is 5.63. The van der Waals surface area contributed by atoms with Crippen molar-refractivity contribution in [1.82, 2.24) is 5.32 Å². The summed E-state index contributed by atoms with van der Waals surface area (Å²) in [6.45, 7) is 5.21. The molecular formula is C15H22N2O3. The Kier molecular flexibility index (Phi) is 4.84. The number of ether oxygens (including phenoxy) is 2. The number of hydrogen-bond donors (Lipinski definition) is 2. The van der Waals surface area contributed by atoms with E-state index in [-0.39, 0.29) is 23.8 Å². The van der Waals surface area contributed by atoms with Crippen LogP contribution in [-0.4, -0.2) is 31.7 Å². The van der Waals surface area contributed by atoms with E-state index in [1.807, 2.05) is 38.1 Å². The van der Waals surface area contributed by atoms with Gasteiger partial charge in [-0.3, -0.25) is 4.79 Å². The van der Waals surface area contributed by atoms with Crippen molar-refractivity contribution in [2.75, 3.05) is 19.7 Å². The second-order valence-corrected chi connectivity index (χ2v) is 5.33. The van der Waals surface area contributed by atoms with Gasteiger partial charge < -0.3 is 20.5 Å². The molecule has 1 heterocycles. The van der Waals surface area contributed by atoms with Crippen LogP contribution in [0.15, 0.2) is 24.3 Å². The quantitative estimate of drug-likeness (QED) is 0.848. The summed E-state index contributed by atoms with van der Waals surface area (Å²) in [4.78, 5) is 12.0. The predicted octanol–water partition coefficient (Wildman–Crippen LogP) is 1.17.